The highest BCUT2D eigenvalue weighted by atomic mass is 35.5. The lowest BCUT2D eigenvalue weighted by Gasteiger charge is -2.06. The normalized spacial score (nSPS) is 10.6. The van der Waals surface area contributed by atoms with Crippen molar-refractivity contribution in [3.8, 4) is 11.1 Å². The van der Waals surface area contributed by atoms with Gasteiger partial charge >= 0.3 is 5.97 Å². The molecular formula is C18H10Cl2FNO3S. The van der Waals surface area contributed by atoms with Crippen molar-refractivity contribution in [3.63, 3.8) is 0 Å². The van der Waals surface area contributed by atoms with Gasteiger partial charge in [-0.25, -0.2) is 9.18 Å². The Hall–Kier alpha value is -2.41. The molecule has 0 fully saturated rings. The molecule has 2 N–H and O–H groups in total. The Morgan fingerprint density at radius 2 is 1.77 bits per heavy atom. The maximum absolute atomic E-state index is 13.8. The second-order valence-corrected chi connectivity index (χ2v) is 7.24. The summed E-state index contributed by atoms with van der Waals surface area (Å²) in [5.41, 5.74) is 0.548. The molecule has 132 valence electrons. The van der Waals surface area contributed by atoms with Crippen LogP contribution in [-0.4, -0.2) is 17.0 Å². The molecule has 0 saturated carbocycles. The van der Waals surface area contributed by atoms with E-state index in [0.29, 0.717) is 5.56 Å². The number of benzene rings is 2. The van der Waals surface area contributed by atoms with Gasteiger partial charge in [-0.15, -0.1) is 11.3 Å². The molecule has 0 atom stereocenters. The molecule has 2 aromatic carbocycles. The highest BCUT2D eigenvalue weighted by Crippen LogP contribution is 2.44. The molecule has 8 heteroatoms. The van der Waals surface area contributed by atoms with Gasteiger partial charge < -0.3 is 10.4 Å². The average molecular weight is 410 g/mol. The summed E-state index contributed by atoms with van der Waals surface area (Å²) in [6.07, 6.45) is 0. The van der Waals surface area contributed by atoms with Crippen LogP contribution < -0.4 is 5.32 Å². The molecule has 0 radical (unpaired) electrons. The first kappa shape index (κ1) is 18.4. The quantitative estimate of drug-likeness (QED) is 0.570. The zero-order valence-electron chi connectivity index (χ0n) is 12.9. The molecule has 0 aliphatic heterocycles. The van der Waals surface area contributed by atoms with E-state index in [9.17, 15) is 19.1 Å². The summed E-state index contributed by atoms with van der Waals surface area (Å²) in [6, 6.07) is 12.2. The van der Waals surface area contributed by atoms with Gasteiger partial charge in [0.1, 0.15) is 20.7 Å². The molecular weight excluding hydrogens is 400 g/mol. The Kier molecular flexibility index (Phi) is 5.27. The van der Waals surface area contributed by atoms with E-state index in [1.807, 2.05) is 0 Å². The van der Waals surface area contributed by atoms with E-state index in [4.69, 9.17) is 23.2 Å². The van der Waals surface area contributed by atoms with Crippen molar-refractivity contribution in [2.24, 2.45) is 0 Å². The minimum absolute atomic E-state index is 0.0710. The number of aromatic carboxylic acids is 1. The van der Waals surface area contributed by atoms with Crippen molar-refractivity contribution in [2.75, 3.05) is 5.32 Å². The van der Waals surface area contributed by atoms with Crippen LogP contribution in [0.15, 0.2) is 48.5 Å². The highest BCUT2D eigenvalue weighted by molar-refractivity contribution is 7.21. The third kappa shape index (κ3) is 3.58. The van der Waals surface area contributed by atoms with Gasteiger partial charge in [-0.1, -0.05) is 47.5 Å². The number of carbonyl (C=O) groups is 2. The number of carboxylic acids is 1. The summed E-state index contributed by atoms with van der Waals surface area (Å²) >= 11 is 12.8. The SMILES string of the molecule is O=C(Nc1sc(Cl)c(-c2ccc(Cl)c(F)c2)c1C(=O)O)c1ccccc1. The Morgan fingerprint density at radius 3 is 2.38 bits per heavy atom. The number of hydrogen-bond acceptors (Lipinski definition) is 3. The number of nitrogens with one attached hydrogen (secondary N) is 1. The van der Waals surface area contributed by atoms with Crippen LogP contribution in [0.2, 0.25) is 9.36 Å². The number of carbonyl (C=O) groups excluding carboxylic acids is 1. The zero-order chi connectivity index (χ0) is 18.8. The largest absolute Gasteiger partial charge is 0.478 e. The molecule has 4 nitrogen and oxygen atoms in total. The maximum atomic E-state index is 13.8. The Morgan fingerprint density at radius 1 is 1.08 bits per heavy atom. The Balaban J connectivity index is 2.06. The summed E-state index contributed by atoms with van der Waals surface area (Å²) in [5.74, 6) is -2.46. The van der Waals surface area contributed by atoms with E-state index >= 15 is 0 Å². The zero-order valence-corrected chi connectivity index (χ0v) is 15.3. The standard InChI is InChI=1S/C18H10Cl2FNO3S/c19-11-7-6-10(8-12(11)21)13-14(18(24)25)17(26-15(13)20)22-16(23)9-4-2-1-3-5-9/h1-8H,(H,22,23)(H,24,25). The summed E-state index contributed by atoms with van der Waals surface area (Å²) in [5, 5.41) is 12.1. The van der Waals surface area contributed by atoms with Crippen molar-refractivity contribution < 1.29 is 19.1 Å². The number of anilines is 1. The van der Waals surface area contributed by atoms with E-state index in [1.54, 1.807) is 30.3 Å². The number of amides is 1. The number of rotatable bonds is 4. The van der Waals surface area contributed by atoms with Crippen LogP contribution in [0.3, 0.4) is 0 Å². The lowest BCUT2D eigenvalue weighted by Crippen LogP contribution is -2.13. The first-order valence-corrected chi connectivity index (χ1v) is 8.83. The van der Waals surface area contributed by atoms with Gasteiger partial charge in [0, 0.05) is 11.1 Å². The van der Waals surface area contributed by atoms with Crippen molar-refractivity contribution >= 4 is 51.4 Å². The molecule has 0 unspecified atom stereocenters. The van der Waals surface area contributed by atoms with Crippen molar-refractivity contribution in [3.05, 3.63) is 74.8 Å². The van der Waals surface area contributed by atoms with Gasteiger partial charge in [0.15, 0.2) is 0 Å². The smallest absolute Gasteiger partial charge is 0.339 e. The maximum Gasteiger partial charge on any atom is 0.339 e. The predicted molar refractivity (Wildman–Crippen MR) is 101 cm³/mol. The lowest BCUT2D eigenvalue weighted by molar-refractivity contribution is 0.0699. The van der Waals surface area contributed by atoms with Crippen LogP contribution in [0.5, 0.6) is 0 Å². The van der Waals surface area contributed by atoms with Crippen molar-refractivity contribution in [1.82, 2.24) is 0 Å². The summed E-state index contributed by atoms with van der Waals surface area (Å²) in [4.78, 5) is 24.1. The molecule has 0 aliphatic rings. The minimum atomic E-state index is -1.29. The molecule has 0 saturated heterocycles. The third-order valence-electron chi connectivity index (χ3n) is 3.55. The second kappa shape index (κ2) is 7.45. The molecule has 0 bridgehead atoms. The fourth-order valence-corrected chi connectivity index (χ4v) is 3.86. The Labute approximate surface area is 161 Å². The van der Waals surface area contributed by atoms with Gasteiger partial charge in [-0.05, 0) is 29.8 Å². The fraction of sp³-hybridized carbons (Fsp3) is 0. The monoisotopic (exact) mass is 409 g/mol. The first-order chi connectivity index (χ1) is 12.4. The summed E-state index contributed by atoms with van der Waals surface area (Å²) < 4.78 is 13.9. The minimum Gasteiger partial charge on any atom is -0.478 e. The molecule has 1 aromatic heterocycles. The van der Waals surface area contributed by atoms with Crippen molar-refractivity contribution in [2.45, 2.75) is 0 Å². The van der Waals surface area contributed by atoms with Gasteiger partial charge in [0.25, 0.3) is 5.91 Å². The number of thiophene rings is 1. The van der Waals surface area contributed by atoms with E-state index in [2.05, 4.69) is 5.32 Å². The van der Waals surface area contributed by atoms with Crippen LogP contribution in [0.25, 0.3) is 11.1 Å². The van der Waals surface area contributed by atoms with Gasteiger partial charge in [0.05, 0.1) is 5.02 Å². The number of halogens is 3. The van der Waals surface area contributed by atoms with Gasteiger partial charge in [0.2, 0.25) is 0 Å². The molecule has 3 aromatic rings. The van der Waals surface area contributed by atoms with Crippen LogP contribution >= 0.6 is 34.5 Å². The molecule has 3 rings (SSSR count). The average Bonchev–Trinajstić information content (AvgIpc) is 2.94. The number of hydrogen-bond donors (Lipinski definition) is 2. The van der Waals surface area contributed by atoms with E-state index < -0.39 is 17.7 Å². The first-order valence-electron chi connectivity index (χ1n) is 7.26. The molecule has 1 heterocycles. The summed E-state index contributed by atoms with van der Waals surface area (Å²) in [7, 11) is 0. The van der Waals surface area contributed by atoms with Gasteiger partial charge in [-0.3, -0.25) is 4.79 Å². The molecule has 1 amide bonds. The molecule has 26 heavy (non-hydrogen) atoms. The Bertz CT molecular complexity index is 1010. The summed E-state index contributed by atoms with van der Waals surface area (Å²) in [6.45, 7) is 0. The molecule has 0 spiro atoms. The van der Waals surface area contributed by atoms with Crippen LogP contribution in [-0.2, 0) is 0 Å². The van der Waals surface area contributed by atoms with E-state index in [0.717, 1.165) is 17.4 Å². The van der Waals surface area contributed by atoms with Crippen LogP contribution in [0, 0.1) is 5.82 Å². The van der Waals surface area contributed by atoms with Crippen molar-refractivity contribution in [1.29, 1.82) is 0 Å². The van der Waals surface area contributed by atoms with E-state index in [-0.39, 0.29) is 31.1 Å². The predicted octanol–water partition coefficient (Wildman–Crippen LogP) is 5.81. The third-order valence-corrected chi connectivity index (χ3v) is 5.17. The molecule has 0 aliphatic carbocycles. The topological polar surface area (TPSA) is 66.4 Å². The van der Waals surface area contributed by atoms with Gasteiger partial charge in [-0.2, -0.15) is 0 Å². The highest BCUT2D eigenvalue weighted by Gasteiger charge is 2.25. The lowest BCUT2D eigenvalue weighted by atomic mass is 10.0. The number of carboxylic acid groups (broad SMARTS) is 1. The van der Waals surface area contributed by atoms with Crippen LogP contribution in [0.1, 0.15) is 20.7 Å². The van der Waals surface area contributed by atoms with Crippen LogP contribution in [0.4, 0.5) is 9.39 Å². The second-order valence-electron chi connectivity index (χ2n) is 5.21. The fourth-order valence-electron chi connectivity index (χ4n) is 2.37. The van der Waals surface area contributed by atoms with E-state index in [1.165, 1.54) is 12.1 Å².